The minimum atomic E-state index is -0.658. The molecule has 0 saturated carbocycles. The maximum atomic E-state index is 12.9. The number of hydrogen-bond acceptors (Lipinski definition) is 4. The van der Waals surface area contributed by atoms with Crippen LogP contribution in [-0.2, 0) is 21.7 Å². The van der Waals surface area contributed by atoms with Gasteiger partial charge in [0, 0.05) is 50.1 Å². The fourth-order valence-corrected chi connectivity index (χ4v) is 4.03. The zero-order valence-electron chi connectivity index (χ0n) is 16.8. The number of imidazole rings is 1. The van der Waals surface area contributed by atoms with Gasteiger partial charge in [-0.15, -0.1) is 0 Å². The molecule has 3 amide bonds. The lowest BCUT2D eigenvalue weighted by Crippen LogP contribution is -2.55. The van der Waals surface area contributed by atoms with E-state index in [1.807, 2.05) is 54.9 Å². The zero-order chi connectivity index (χ0) is 20.4. The predicted molar refractivity (Wildman–Crippen MR) is 108 cm³/mol. The molecule has 2 aromatic rings. The van der Waals surface area contributed by atoms with Crippen molar-refractivity contribution in [2.24, 2.45) is 0 Å². The van der Waals surface area contributed by atoms with Crippen molar-refractivity contribution in [3.05, 3.63) is 48.5 Å². The molecule has 1 atom stereocenters. The normalized spacial score (nSPS) is 20.4. The number of likely N-dealkylation sites (tertiary alicyclic amines) is 1. The largest absolute Gasteiger partial charge is 0.352 e. The van der Waals surface area contributed by atoms with E-state index in [0.717, 1.165) is 11.5 Å². The van der Waals surface area contributed by atoms with Crippen molar-refractivity contribution in [1.82, 2.24) is 19.8 Å². The number of ether oxygens (including phenoxy) is 1. The van der Waals surface area contributed by atoms with Crippen LogP contribution >= 0.6 is 0 Å². The maximum absolute atomic E-state index is 12.9. The molecule has 0 unspecified atom stereocenters. The van der Waals surface area contributed by atoms with Crippen molar-refractivity contribution in [3.63, 3.8) is 0 Å². The molecule has 154 valence electrons. The van der Waals surface area contributed by atoms with Gasteiger partial charge >= 0.3 is 6.03 Å². The van der Waals surface area contributed by atoms with Crippen LogP contribution in [0.2, 0.25) is 0 Å². The van der Waals surface area contributed by atoms with Crippen molar-refractivity contribution in [2.45, 2.75) is 51.0 Å². The molecule has 2 N–H and O–H groups in total. The van der Waals surface area contributed by atoms with Gasteiger partial charge in [0.1, 0.15) is 11.4 Å². The number of rotatable bonds is 3. The average molecular weight is 397 g/mol. The molecule has 1 spiro atoms. The zero-order valence-corrected chi connectivity index (χ0v) is 16.8. The van der Waals surface area contributed by atoms with Crippen molar-refractivity contribution in [2.75, 3.05) is 18.4 Å². The summed E-state index contributed by atoms with van der Waals surface area (Å²) in [5, 5.41) is 5.87. The second-order valence-electron chi connectivity index (χ2n) is 7.95. The summed E-state index contributed by atoms with van der Waals surface area (Å²) >= 11 is 0. The lowest BCUT2D eigenvalue weighted by Gasteiger charge is -2.45. The molecule has 29 heavy (non-hydrogen) atoms. The van der Waals surface area contributed by atoms with Gasteiger partial charge in [-0.2, -0.15) is 0 Å². The van der Waals surface area contributed by atoms with Gasteiger partial charge in [-0.3, -0.25) is 4.79 Å². The Hall–Kier alpha value is -2.87. The Morgan fingerprint density at radius 1 is 1.21 bits per heavy atom. The van der Waals surface area contributed by atoms with Gasteiger partial charge in [-0.05, 0) is 26.0 Å². The van der Waals surface area contributed by atoms with Crippen LogP contribution in [0.5, 0.6) is 0 Å². The smallest absolute Gasteiger partial charge is 0.317 e. The molecule has 8 heteroatoms. The summed E-state index contributed by atoms with van der Waals surface area (Å²) in [6, 6.07) is 9.40. The third kappa shape index (κ3) is 3.98. The number of aromatic nitrogens is 2. The third-order valence-corrected chi connectivity index (χ3v) is 5.46. The van der Waals surface area contributed by atoms with E-state index in [9.17, 15) is 9.59 Å². The molecule has 4 rings (SSSR count). The van der Waals surface area contributed by atoms with Crippen molar-refractivity contribution >= 4 is 17.6 Å². The highest BCUT2D eigenvalue weighted by Gasteiger charge is 2.47. The second-order valence-corrected chi connectivity index (χ2v) is 7.95. The summed E-state index contributed by atoms with van der Waals surface area (Å²) in [4.78, 5) is 31.5. The Labute approximate surface area is 170 Å². The molecule has 0 bridgehead atoms. The van der Waals surface area contributed by atoms with Crippen LogP contribution in [0.15, 0.2) is 42.7 Å². The predicted octanol–water partition coefficient (Wildman–Crippen LogP) is 2.33. The number of amides is 3. The number of hydrogen-bond donors (Lipinski definition) is 2. The van der Waals surface area contributed by atoms with Gasteiger partial charge in [-0.1, -0.05) is 18.2 Å². The van der Waals surface area contributed by atoms with E-state index in [2.05, 4.69) is 15.6 Å². The maximum Gasteiger partial charge on any atom is 0.317 e. The van der Waals surface area contributed by atoms with Crippen LogP contribution < -0.4 is 10.6 Å². The molecule has 3 heterocycles. The number of piperidine rings is 1. The lowest BCUT2D eigenvalue weighted by molar-refractivity contribution is -0.167. The number of anilines is 1. The van der Waals surface area contributed by atoms with Gasteiger partial charge in [0.2, 0.25) is 0 Å². The third-order valence-electron chi connectivity index (χ3n) is 5.46. The van der Waals surface area contributed by atoms with Crippen LogP contribution in [-0.4, -0.2) is 51.6 Å². The highest BCUT2D eigenvalue weighted by Crippen LogP contribution is 2.40. The fraction of sp³-hybridized carbons (Fsp3) is 0.476. The molecule has 2 aliphatic rings. The van der Waals surface area contributed by atoms with E-state index in [-0.39, 0.29) is 18.0 Å². The van der Waals surface area contributed by atoms with Crippen LogP contribution in [0.3, 0.4) is 0 Å². The van der Waals surface area contributed by atoms with E-state index in [4.69, 9.17) is 4.74 Å². The first-order valence-corrected chi connectivity index (χ1v) is 10.1. The van der Waals surface area contributed by atoms with Gasteiger partial charge in [0.25, 0.3) is 5.91 Å². The van der Waals surface area contributed by atoms with Gasteiger partial charge in [-0.25, -0.2) is 9.78 Å². The first kappa shape index (κ1) is 19.4. The highest BCUT2D eigenvalue weighted by molar-refractivity contribution is 5.94. The molecule has 1 saturated heterocycles. The summed E-state index contributed by atoms with van der Waals surface area (Å²) in [5.41, 5.74) is 0.0847. The summed E-state index contributed by atoms with van der Waals surface area (Å²) in [7, 11) is 0. The molecule has 0 aliphatic carbocycles. The average Bonchev–Trinajstić information content (AvgIpc) is 3.18. The SMILES string of the molecule is CC(C)NC(=O)N1CCC2(CC1)O[C@H](C(=O)Nc1ccccc1)Cn1ccnc12. The van der Waals surface area contributed by atoms with Gasteiger partial charge in [0.15, 0.2) is 6.10 Å². The Balaban J connectivity index is 1.49. The van der Waals surface area contributed by atoms with Crippen molar-refractivity contribution in [3.8, 4) is 0 Å². The number of nitrogens with zero attached hydrogens (tertiary/aromatic N) is 3. The molecule has 0 radical (unpaired) electrons. The summed E-state index contributed by atoms with van der Waals surface area (Å²) in [5.74, 6) is 0.667. The number of para-hydroxylation sites is 1. The van der Waals surface area contributed by atoms with Crippen molar-refractivity contribution < 1.29 is 14.3 Å². The minimum absolute atomic E-state index is 0.0626. The van der Waals surface area contributed by atoms with E-state index in [0.29, 0.717) is 32.5 Å². The summed E-state index contributed by atoms with van der Waals surface area (Å²) < 4.78 is 8.39. The Morgan fingerprint density at radius 2 is 1.93 bits per heavy atom. The summed E-state index contributed by atoms with van der Waals surface area (Å²) in [6.45, 7) is 5.42. The fourth-order valence-electron chi connectivity index (χ4n) is 4.03. The molecule has 1 fully saturated rings. The first-order valence-electron chi connectivity index (χ1n) is 10.1. The topological polar surface area (TPSA) is 88.5 Å². The Morgan fingerprint density at radius 3 is 2.62 bits per heavy atom. The number of fused-ring (bicyclic) bond motifs is 2. The Bertz CT molecular complexity index is 871. The number of nitrogens with one attached hydrogen (secondary N) is 2. The van der Waals surface area contributed by atoms with Gasteiger partial charge in [0.05, 0.1) is 6.54 Å². The molecular formula is C21H27N5O3. The molecule has 2 aliphatic heterocycles. The molecule has 1 aromatic heterocycles. The number of carbonyl (C=O) groups is 2. The van der Waals surface area contributed by atoms with E-state index < -0.39 is 11.7 Å². The van der Waals surface area contributed by atoms with E-state index >= 15 is 0 Å². The molecule has 1 aromatic carbocycles. The monoisotopic (exact) mass is 397 g/mol. The Kier molecular flexibility index (Phi) is 5.27. The van der Waals surface area contributed by atoms with Crippen LogP contribution in [0.25, 0.3) is 0 Å². The van der Waals surface area contributed by atoms with Crippen LogP contribution in [0.4, 0.5) is 10.5 Å². The van der Waals surface area contributed by atoms with Crippen molar-refractivity contribution in [1.29, 1.82) is 0 Å². The van der Waals surface area contributed by atoms with E-state index in [1.165, 1.54) is 0 Å². The first-order chi connectivity index (χ1) is 14.0. The highest BCUT2D eigenvalue weighted by atomic mass is 16.5. The van der Waals surface area contributed by atoms with Crippen LogP contribution in [0, 0.1) is 0 Å². The quantitative estimate of drug-likeness (QED) is 0.832. The molecular weight excluding hydrogens is 370 g/mol. The standard InChI is InChI=1S/C21H27N5O3/c1-15(2)23-20(28)25-11-8-21(9-12-25)19-22-10-13-26(19)14-17(29-21)18(27)24-16-6-4-3-5-7-16/h3-7,10,13,15,17H,8-9,11-12,14H2,1-2H3,(H,23,28)(H,24,27)/t17-/m0/s1. The molecule has 8 nitrogen and oxygen atoms in total. The minimum Gasteiger partial charge on any atom is -0.352 e. The lowest BCUT2D eigenvalue weighted by atomic mass is 9.88. The number of benzene rings is 1. The van der Waals surface area contributed by atoms with Gasteiger partial charge < -0.3 is 24.8 Å². The number of carbonyl (C=O) groups excluding carboxylic acids is 2. The second kappa shape index (κ2) is 7.87. The van der Waals surface area contributed by atoms with E-state index in [1.54, 1.807) is 11.1 Å². The summed E-state index contributed by atoms with van der Waals surface area (Å²) in [6.07, 6.45) is 4.22. The number of urea groups is 1. The van der Waals surface area contributed by atoms with Crippen LogP contribution in [0.1, 0.15) is 32.5 Å².